The van der Waals surface area contributed by atoms with Crippen molar-refractivity contribution in [1.82, 2.24) is 30.2 Å². The van der Waals surface area contributed by atoms with Gasteiger partial charge in [0.05, 0.1) is 5.39 Å². The molecule has 0 radical (unpaired) electrons. The van der Waals surface area contributed by atoms with Crippen molar-refractivity contribution in [1.29, 1.82) is 0 Å². The summed E-state index contributed by atoms with van der Waals surface area (Å²) < 4.78 is 0. The molecule has 0 saturated heterocycles. The summed E-state index contributed by atoms with van der Waals surface area (Å²) in [6, 6.07) is 7.97. The van der Waals surface area contributed by atoms with E-state index in [4.69, 9.17) is 0 Å². The van der Waals surface area contributed by atoms with Crippen LogP contribution in [0.1, 0.15) is 34.7 Å². The second-order valence-corrected chi connectivity index (χ2v) is 8.00. The molecule has 0 fully saturated rings. The number of fused-ring (bicyclic) bond motifs is 3. The van der Waals surface area contributed by atoms with Crippen LogP contribution in [0.3, 0.4) is 0 Å². The van der Waals surface area contributed by atoms with Crippen molar-refractivity contribution in [3.05, 3.63) is 56.4 Å². The van der Waals surface area contributed by atoms with Crippen molar-refractivity contribution in [3.8, 4) is 11.4 Å². The van der Waals surface area contributed by atoms with Crippen LogP contribution in [0.5, 0.6) is 0 Å². The lowest BCUT2D eigenvalue weighted by Gasteiger charge is -2.09. The lowest BCUT2D eigenvalue weighted by atomic mass is 9.97. The lowest BCUT2D eigenvalue weighted by Crippen LogP contribution is -2.16. The highest BCUT2D eigenvalue weighted by Gasteiger charge is 2.20. The summed E-state index contributed by atoms with van der Waals surface area (Å²) in [6.07, 6.45) is 4.36. The van der Waals surface area contributed by atoms with Crippen LogP contribution in [-0.2, 0) is 19.4 Å². The molecular weight excluding hydrogens is 360 g/mol. The summed E-state index contributed by atoms with van der Waals surface area (Å²) in [7, 11) is 0. The highest BCUT2D eigenvalue weighted by Crippen LogP contribution is 2.33. The van der Waals surface area contributed by atoms with Crippen LogP contribution in [0.25, 0.3) is 21.6 Å². The number of benzene rings is 1. The number of nitrogens with zero attached hydrogens (tertiary/aromatic N) is 5. The molecule has 1 aliphatic carbocycles. The second-order valence-electron chi connectivity index (χ2n) is 6.91. The molecule has 3 heterocycles. The third-order valence-electron chi connectivity index (χ3n) is 4.93. The minimum absolute atomic E-state index is 0.0618. The lowest BCUT2D eigenvalue weighted by molar-refractivity contribution is 0.555. The van der Waals surface area contributed by atoms with Gasteiger partial charge in [-0.2, -0.15) is 4.80 Å². The molecule has 0 aliphatic heterocycles. The molecule has 1 aromatic carbocycles. The predicted molar refractivity (Wildman–Crippen MR) is 104 cm³/mol. The van der Waals surface area contributed by atoms with Crippen molar-refractivity contribution in [2.75, 3.05) is 0 Å². The van der Waals surface area contributed by atoms with E-state index in [2.05, 4.69) is 25.4 Å². The summed E-state index contributed by atoms with van der Waals surface area (Å²) in [5.74, 6) is 1.11. The summed E-state index contributed by atoms with van der Waals surface area (Å²) in [6.45, 7) is 2.32. The predicted octanol–water partition coefficient (Wildman–Crippen LogP) is 2.87. The van der Waals surface area contributed by atoms with Crippen LogP contribution >= 0.6 is 11.3 Å². The standard InChI is InChI=1S/C19H18N6OS/c1-11-6-8-12(9-7-11)17-22-24-25(23-17)10-15-20-18(26)16-13-4-2-3-5-14(13)27-19(16)21-15/h6-9H,2-5,10H2,1H3,(H,20,21,26). The molecule has 1 N–H and O–H groups in total. The van der Waals surface area contributed by atoms with Gasteiger partial charge in [-0.1, -0.05) is 29.8 Å². The third kappa shape index (κ3) is 2.95. The quantitative estimate of drug-likeness (QED) is 0.592. The zero-order valence-electron chi connectivity index (χ0n) is 14.9. The molecule has 1 aliphatic rings. The van der Waals surface area contributed by atoms with Gasteiger partial charge in [0.2, 0.25) is 5.82 Å². The first-order chi connectivity index (χ1) is 13.2. The minimum atomic E-state index is -0.0618. The van der Waals surface area contributed by atoms with E-state index < -0.39 is 0 Å². The largest absolute Gasteiger partial charge is 0.308 e. The maximum Gasteiger partial charge on any atom is 0.259 e. The van der Waals surface area contributed by atoms with Crippen molar-refractivity contribution >= 4 is 21.6 Å². The second kappa shape index (κ2) is 6.38. The number of hydrogen-bond acceptors (Lipinski definition) is 6. The Kier molecular flexibility index (Phi) is 3.86. The van der Waals surface area contributed by atoms with Gasteiger partial charge < -0.3 is 4.98 Å². The van der Waals surface area contributed by atoms with E-state index in [9.17, 15) is 4.79 Å². The Hall–Kier alpha value is -2.87. The first kappa shape index (κ1) is 16.3. The van der Waals surface area contributed by atoms with E-state index >= 15 is 0 Å². The molecule has 0 saturated carbocycles. The van der Waals surface area contributed by atoms with E-state index in [0.29, 0.717) is 11.6 Å². The van der Waals surface area contributed by atoms with Crippen molar-refractivity contribution in [3.63, 3.8) is 0 Å². The van der Waals surface area contributed by atoms with Crippen LogP contribution in [0, 0.1) is 6.92 Å². The van der Waals surface area contributed by atoms with Gasteiger partial charge in [-0.15, -0.1) is 21.5 Å². The van der Waals surface area contributed by atoms with E-state index in [1.54, 1.807) is 11.3 Å². The number of nitrogens with one attached hydrogen (secondary N) is 1. The fourth-order valence-corrected chi connectivity index (χ4v) is 4.83. The molecule has 5 rings (SSSR count). The molecule has 4 aromatic rings. The van der Waals surface area contributed by atoms with Crippen LogP contribution in [-0.4, -0.2) is 30.2 Å². The fourth-order valence-electron chi connectivity index (χ4n) is 3.55. The summed E-state index contributed by atoms with van der Waals surface area (Å²) in [5, 5.41) is 13.4. The number of tetrazole rings is 1. The SMILES string of the molecule is Cc1ccc(-c2nnn(Cc3nc4sc5c(c4c(=O)[nH]3)CCCC5)n2)cc1. The van der Waals surface area contributed by atoms with Crippen molar-refractivity contribution in [2.45, 2.75) is 39.2 Å². The van der Waals surface area contributed by atoms with Crippen LogP contribution in [0.4, 0.5) is 0 Å². The minimum Gasteiger partial charge on any atom is -0.308 e. The molecule has 0 bridgehead atoms. The molecular formula is C19H18N6OS. The first-order valence-corrected chi connectivity index (χ1v) is 9.87. The summed E-state index contributed by atoms with van der Waals surface area (Å²) in [4.78, 5) is 23.8. The van der Waals surface area contributed by atoms with Gasteiger partial charge in [0.25, 0.3) is 5.56 Å². The maximum absolute atomic E-state index is 12.6. The number of aromatic nitrogens is 6. The van der Waals surface area contributed by atoms with E-state index in [1.165, 1.54) is 27.2 Å². The average Bonchev–Trinajstić information content (AvgIpc) is 3.26. The van der Waals surface area contributed by atoms with Crippen LogP contribution in [0.15, 0.2) is 29.1 Å². The van der Waals surface area contributed by atoms with Gasteiger partial charge in [-0.3, -0.25) is 4.79 Å². The Morgan fingerprint density at radius 1 is 1.19 bits per heavy atom. The van der Waals surface area contributed by atoms with Crippen LogP contribution < -0.4 is 5.56 Å². The number of hydrogen-bond donors (Lipinski definition) is 1. The first-order valence-electron chi connectivity index (χ1n) is 9.06. The highest BCUT2D eigenvalue weighted by atomic mass is 32.1. The number of rotatable bonds is 3. The summed E-state index contributed by atoms with van der Waals surface area (Å²) in [5.41, 5.74) is 3.23. The number of H-pyrrole nitrogens is 1. The Morgan fingerprint density at radius 2 is 2.00 bits per heavy atom. The summed E-state index contributed by atoms with van der Waals surface area (Å²) >= 11 is 1.65. The fraction of sp³-hybridized carbons (Fsp3) is 0.316. The van der Waals surface area contributed by atoms with Crippen molar-refractivity contribution in [2.24, 2.45) is 0 Å². The Bertz CT molecular complexity index is 1190. The monoisotopic (exact) mass is 378 g/mol. The third-order valence-corrected chi connectivity index (χ3v) is 6.11. The molecule has 0 unspecified atom stereocenters. The molecule has 0 spiro atoms. The molecule has 0 atom stereocenters. The molecule has 8 heteroatoms. The average molecular weight is 378 g/mol. The highest BCUT2D eigenvalue weighted by molar-refractivity contribution is 7.18. The van der Waals surface area contributed by atoms with Gasteiger partial charge in [0.15, 0.2) is 0 Å². The van der Waals surface area contributed by atoms with E-state index in [0.717, 1.165) is 35.0 Å². The van der Waals surface area contributed by atoms with E-state index in [1.807, 2.05) is 31.2 Å². The van der Waals surface area contributed by atoms with Gasteiger partial charge >= 0.3 is 0 Å². The molecule has 27 heavy (non-hydrogen) atoms. The zero-order valence-corrected chi connectivity index (χ0v) is 15.7. The number of aryl methyl sites for hydroxylation is 3. The van der Waals surface area contributed by atoms with Crippen LogP contribution in [0.2, 0.25) is 0 Å². The number of aromatic amines is 1. The van der Waals surface area contributed by atoms with Gasteiger partial charge in [0, 0.05) is 10.4 Å². The molecule has 3 aromatic heterocycles. The zero-order chi connectivity index (χ0) is 18.4. The van der Waals surface area contributed by atoms with Crippen molar-refractivity contribution < 1.29 is 0 Å². The van der Waals surface area contributed by atoms with Gasteiger partial charge in [-0.05, 0) is 43.4 Å². The Morgan fingerprint density at radius 3 is 2.85 bits per heavy atom. The normalized spacial score (nSPS) is 13.8. The molecule has 0 amide bonds. The Labute approximate surface area is 159 Å². The van der Waals surface area contributed by atoms with Gasteiger partial charge in [0.1, 0.15) is 17.2 Å². The molecule has 136 valence electrons. The smallest absolute Gasteiger partial charge is 0.259 e. The topological polar surface area (TPSA) is 89.4 Å². The maximum atomic E-state index is 12.6. The number of thiophene rings is 1. The Balaban J connectivity index is 1.46. The van der Waals surface area contributed by atoms with E-state index in [-0.39, 0.29) is 12.1 Å². The van der Waals surface area contributed by atoms with Gasteiger partial charge in [-0.25, -0.2) is 4.98 Å². The molecule has 7 nitrogen and oxygen atoms in total.